The summed E-state index contributed by atoms with van der Waals surface area (Å²) in [6, 6.07) is 6.24. The Morgan fingerprint density at radius 1 is 1.07 bits per heavy atom. The fourth-order valence-electron chi connectivity index (χ4n) is 5.01. The van der Waals surface area contributed by atoms with E-state index in [-0.39, 0.29) is 30.2 Å². The number of carbonyl (C=O) groups excluding carboxylic acids is 3. The second kappa shape index (κ2) is 8.66. The third kappa shape index (κ3) is 4.08. The molecule has 0 aromatic heterocycles. The molecule has 0 bridgehead atoms. The van der Waals surface area contributed by atoms with Crippen molar-refractivity contribution in [3.63, 3.8) is 0 Å². The van der Waals surface area contributed by atoms with Crippen molar-refractivity contribution < 1.29 is 19.1 Å². The van der Waals surface area contributed by atoms with Crippen LogP contribution >= 0.6 is 0 Å². The number of hydrogen-bond acceptors (Lipinski definition) is 5. The van der Waals surface area contributed by atoms with Crippen LogP contribution in [-0.4, -0.2) is 48.4 Å². The van der Waals surface area contributed by atoms with Gasteiger partial charge in [-0.3, -0.25) is 14.5 Å². The van der Waals surface area contributed by atoms with Gasteiger partial charge in [0.05, 0.1) is 30.3 Å². The van der Waals surface area contributed by atoms with Crippen LogP contribution < -0.4 is 4.90 Å². The molecule has 3 fully saturated rings. The van der Waals surface area contributed by atoms with E-state index in [2.05, 4.69) is 4.90 Å². The number of carbonyl (C=O) groups is 3. The van der Waals surface area contributed by atoms with E-state index in [1.165, 1.54) is 30.6 Å². The summed E-state index contributed by atoms with van der Waals surface area (Å²) in [7, 11) is 0. The van der Waals surface area contributed by atoms with Crippen molar-refractivity contribution in [2.75, 3.05) is 24.6 Å². The highest BCUT2D eigenvalue weighted by Crippen LogP contribution is 2.38. The SMILES string of the molecule is CCCCOC(=O)c1ccc(N2C(=O)C[C@@H](N3C[C@H]4CCCC[C@@H]4C3)C2=O)cc1. The average Bonchev–Trinajstić information content (AvgIpc) is 3.28. The van der Waals surface area contributed by atoms with E-state index < -0.39 is 0 Å². The van der Waals surface area contributed by atoms with Crippen molar-refractivity contribution in [3.8, 4) is 0 Å². The zero-order valence-corrected chi connectivity index (χ0v) is 17.1. The number of rotatable bonds is 6. The molecule has 0 N–H and O–H groups in total. The Labute approximate surface area is 172 Å². The van der Waals surface area contributed by atoms with Gasteiger partial charge < -0.3 is 4.74 Å². The van der Waals surface area contributed by atoms with Gasteiger partial charge in [0.1, 0.15) is 0 Å². The molecule has 29 heavy (non-hydrogen) atoms. The first-order valence-corrected chi connectivity index (χ1v) is 11.0. The van der Waals surface area contributed by atoms with Crippen LogP contribution in [0.15, 0.2) is 24.3 Å². The molecule has 2 heterocycles. The number of anilines is 1. The Morgan fingerprint density at radius 2 is 1.72 bits per heavy atom. The van der Waals surface area contributed by atoms with E-state index in [0.29, 0.717) is 29.7 Å². The Morgan fingerprint density at radius 3 is 2.34 bits per heavy atom. The third-order valence-electron chi connectivity index (χ3n) is 6.66. The highest BCUT2D eigenvalue weighted by atomic mass is 16.5. The first-order chi connectivity index (χ1) is 14.1. The quantitative estimate of drug-likeness (QED) is 0.417. The topological polar surface area (TPSA) is 66.9 Å². The number of nitrogens with zero attached hydrogens (tertiary/aromatic N) is 2. The predicted molar refractivity (Wildman–Crippen MR) is 110 cm³/mol. The van der Waals surface area contributed by atoms with Crippen LogP contribution in [0.25, 0.3) is 0 Å². The van der Waals surface area contributed by atoms with E-state index in [9.17, 15) is 14.4 Å². The van der Waals surface area contributed by atoms with Gasteiger partial charge in [0, 0.05) is 13.1 Å². The van der Waals surface area contributed by atoms with Crippen LogP contribution in [0.1, 0.15) is 62.2 Å². The number of ether oxygens (including phenoxy) is 1. The first-order valence-electron chi connectivity index (χ1n) is 11.0. The molecule has 1 aromatic carbocycles. The van der Waals surface area contributed by atoms with Gasteiger partial charge in [0.25, 0.3) is 5.91 Å². The van der Waals surface area contributed by atoms with Crippen molar-refractivity contribution in [2.24, 2.45) is 11.8 Å². The van der Waals surface area contributed by atoms with Gasteiger partial charge in [-0.05, 0) is 55.4 Å². The lowest BCUT2D eigenvalue weighted by Gasteiger charge is -2.23. The van der Waals surface area contributed by atoms with Crippen molar-refractivity contribution in [1.82, 2.24) is 4.90 Å². The second-order valence-electron chi connectivity index (χ2n) is 8.58. The molecule has 2 amide bonds. The molecule has 3 aliphatic rings. The van der Waals surface area contributed by atoms with Crippen LogP contribution in [0.4, 0.5) is 5.69 Å². The number of amides is 2. The number of fused-ring (bicyclic) bond motifs is 1. The van der Waals surface area contributed by atoms with E-state index in [1.54, 1.807) is 24.3 Å². The molecule has 0 unspecified atom stereocenters. The third-order valence-corrected chi connectivity index (χ3v) is 6.66. The van der Waals surface area contributed by atoms with Crippen LogP contribution in [-0.2, 0) is 14.3 Å². The average molecular weight is 399 g/mol. The summed E-state index contributed by atoms with van der Waals surface area (Å²) in [4.78, 5) is 41.3. The minimum absolute atomic E-state index is 0.132. The molecule has 1 aliphatic carbocycles. The highest BCUT2D eigenvalue weighted by Gasteiger charge is 2.46. The van der Waals surface area contributed by atoms with E-state index in [4.69, 9.17) is 4.74 Å². The van der Waals surface area contributed by atoms with Gasteiger partial charge in [-0.1, -0.05) is 26.2 Å². The summed E-state index contributed by atoms with van der Waals surface area (Å²) in [6.45, 7) is 4.31. The maximum Gasteiger partial charge on any atom is 0.338 e. The molecular formula is C23H30N2O4. The number of likely N-dealkylation sites (tertiary alicyclic amines) is 1. The van der Waals surface area contributed by atoms with Crippen molar-refractivity contribution >= 4 is 23.5 Å². The number of unbranched alkanes of at least 4 members (excludes halogenated alkanes) is 1. The summed E-state index contributed by atoms with van der Waals surface area (Å²) < 4.78 is 5.21. The summed E-state index contributed by atoms with van der Waals surface area (Å²) in [5.41, 5.74) is 0.966. The first kappa shape index (κ1) is 20.1. The Balaban J connectivity index is 1.42. The Hall–Kier alpha value is -2.21. The van der Waals surface area contributed by atoms with Gasteiger partial charge in [-0.2, -0.15) is 0 Å². The molecule has 0 spiro atoms. The van der Waals surface area contributed by atoms with Crippen LogP contribution in [0.2, 0.25) is 0 Å². The lowest BCUT2D eigenvalue weighted by atomic mass is 9.82. The molecular weight excluding hydrogens is 368 g/mol. The smallest absolute Gasteiger partial charge is 0.338 e. The number of imide groups is 1. The van der Waals surface area contributed by atoms with Gasteiger partial charge >= 0.3 is 5.97 Å². The fraction of sp³-hybridized carbons (Fsp3) is 0.609. The minimum Gasteiger partial charge on any atom is -0.462 e. The molecule has 6 nitrogen and oxygen atoms in total. The van der Waals surface area contributed by atoms with Crippen molar-refractivity contribution in [2.45, 2.75) is 57.9 Å². The lowest BCUT2D eigenvalue weighted by molar-refractivity contribution is -0.122. The molecule has 156 valence electrons. The lowest BCUT2D eigenvalue weighted by Crippen LogP contribution is -2.41. The van der Waals surface area contributed by atoms with E-state index >= 15 is 0 Å². The van der Waals surface area contributed by atoms with Gasteiger partial charge in [-0.15, -0.1) is 0 Å². The Bertz CT molecular complexity index is 762. The minimum atomic E-state index is -0.373. The fourth-order valence-corrected chi connectivity index (χ4v) is 5.01. The highest BCUT2D eigenvalue weighted by molar-refractivity contribution is 6.22. The van der Waals surface area contributed by atoms with Crippen LogP contribution in [0, 0.1) is 11.8 Å². The largest absolute Gasteiger partial charge is 0.462 e. The molecule has 0 radical (unpaired) electrons. The summed E-state index contributed by atoms with van der Waals surface area (Å²) >= 11 is 0. The summed E-state index contributed by atoms with van der Waals surface area (Å²) in [6.07, 6.45) is 7.10. The zero-order valence-electron chi connectivity index (χ0n) is 17.1. The van der Waals surface area contributed by atoms with Crippen LogP contribution in [0.5, 0.6) is 0 Å². The zero-order chi connectivity index (χ0) is 20.4. The standard InChI is InChI=1S/C23H30N2O4/c1-2-3-12-29-23(28)16-8-10-19(11-9-16)25-21(26)13-20(22(25)27)24-14-17-6-4-5-7-18(17)15-24/h8-11,17-18,20H,2-7,12-15H2,1H3/t17-,18-,20-/m1/s1. The molecule has 4 rings (SSSR count). The number of esters is 1. The van der Waals surface area contributed by atoms with Gasteiger partial charge in [-0.25, -0.2) is 9.69 Å². The molecule has 3 atom stereocenters. The van der Waals surface area contributed by atoms with Gasteiger partial charge in [0.15, 0.2) is 0 Å². The predicted octanol–water partition coefficient (Wildman–Crippen LogP) is 3.40. The van der Waals surface area contributed by atoms with E-state index in [1.807, 2.05) is 6.92 Å². The second-order valence-corrected chi connectivity index (χ2v) is 8.58. The van der Waals surface area contributed by atoms with Crippen molar-refractivity contribution in [1.29, 1.82) is 0 Å². The van der Waals surface area contributed by atoms with Crippen molar-refractivity contribution in [3.05, 3.63) is 29.8 Å². The van der Waals surface area contributed by atoms with E-state index in [0.717, 1.165) is 25.9 Å². The monoisotopic (exact) mass is 398 g/mol. The Kier molecular flexibility index (Phi) is 5.99. The summed E-state index contributed by atoms with van der Waals surface area (Å²) in [5, 5.41) is 0. The summed E-state index contributed by atoms with van der Waals surface area (Å²) in [5.74, 6) is 0.694. The molecule has 1 aromatic rings. The molecule has 2 aliphatic heterocycles. The van der Waals surface area contributed by atoms with Gasteiger partial charge in [0.2, 0.25) is 5.91 Å². The molecule has 1 saturated carbocycles. The maximum atomic E-state index is 13.1. The number of hydrogen-bond donors (Lipinski definition) is 0. The molecule has 6 heteroatoms. The maximum absolute atomic E-state index is 13.1. The normalized spacial score (nSPS) is 27.3. The number of benzene rings is 1. The molecule has 2 saturated heterocycles. The van der Waals surface area contributed by atoms with Crippen LogP contribution in [0.3, 0.4) is 0 Å².